The molecular weight excluding hydrogens is 396 g/mol. The van der Waals surface area contributed by atoms with Gasteiger partial charge in [-0.1, -0.05) is 54.0 Å². The van der Waals surface area contributed by atoms with E-state index in [4.69, 9.17) is 11.6 Å². The summed E-state index contributed by atoms with van der Waals surface area (Å²) in [6.07, 6.45) is 6.32. The van der Waals surface area contributed by atoms with Crippen LogP contribution < -0.4 is 5.32 Å². The lowest BCUT2D eigenvalue weighted by Crippen LogP contribution is -2.27. The molecule has 0 radical (unpaired) electrons. The Morgan fingerprint density at radius 3 is 2.84 bits per heavy atom. The van der Waals surface area contributed by atoms with Crippen LogP contribution in [0.25, 0.3) is 0 Å². The van der Waals surface area contributed by atoms with Gasteiger partial charge < -0.3 is 10.2 Å². The van der Waals surface area contributed by atoms with Crippen LogP contribution in [-0.4, -0.2) is 39.8 Å². The van der Waals surface area contributed by atoms with Crippen molar-refractivity contribution >= 4 is 57.1 Å². The minimum atomic E-state index is 0.0755. The Labute approximate surface area is 165 Å². The summed E-state index contributed by atoms with van der Waals surface area (Å²) in [5, 5.41) is 12.7. The molecule has 9 heteroatoms. The van der Waals surface area contributed by atoms with Gasteiger partial charge in [0, 0.05) is 18.0 Å². The summed E-state index contributed by atoms with van der Waals surface area (Å²) in [5.74, 6) is 0.444. The molecule has 1 aliphatic carbocycles. The molecule has 0 aromatic carbocycles. The fourth-order valence-electron chi connectivity index (χ4n) is 2.74. The lowest BCUT2D eigenvalue weighted by Gasteiger charge is -2.21. The highest BCUT2D eigenvalue weighted by atomic mass is 35.5. The van der Waals surface area contributed by atoms with E-state index in [1.54, 1.807) is 4.90 Å². The van der Waals surface area contributed by atoms with Crippen LogP contribution in [0.15, 0.2) is 16.5 Å². The Morgan fingerprint density at radius 1 is 1.32 bits per heavy atom. The molecule has 2 aromatic heterocycles. The zero-order chi connectivity index (χ0) is 17.6. The number of thiophene rings is 1. The minimum Gasteiger partial charge on any atom is -0.357 e. The van der Waals surface area contributed by atoms with E-state index >= 15 is 0 Å². The topological polar surface area (TPSA) is 58.1 Å². The molecular formula is C16H21ClN4OS3. The minimum absolute atomic E-state index is 0.0755. The predicted molar refractivity (Wildman–Crippen MR) is 107 cm³/mol. The molecule has 2 heterocycles. The number of carbonyl (C=O) groups excluding carboxylic acids is 1. The van der Waals surface area contributed by atoms with Crippen molar-refractivity contribution in [3.05, 3.63) is 21.3 Å². The number of hydrogen-bond acceptors (Lipinski definition) is 7. The van der Waals surface area contributed by atoms with Gasteiger partial charge in [0.2, 0.25) is 11.0 Å². The number of nitrogens with one attached hydrogen (secondary N) is 1. The second kappa shape index (κ2) is 9.21. The van der Waals surface area contributed by atoms with Gasteiger partial charge in [-0.15, -0.1) is 21.5 Å². The average Bonchev–Trinajstić information content (AvgIpc) is 3.22. The first-order valence-corrected chi connectivity index (χ1v) is 11.3. The van der Waals surface area contributed by atoms with E-state index in [1.165, 1.54) is 66.5 Å². The second-order valence-corrected chi connectivity index (χ2v) is 10.1. The first-order valence-electron chi connectivity index (χ1n) is 8.31. The van der Waals surface area contributed by atoms with Crippen LogP contribution in [0.2, 0.25) is 4.34 Å². The largest absolute Gasteiger partial charge is 0.357 e. The number of nitrogens with zero attached hydrogens (tertiary/aromatic N) is 3. The Kier molecular flexibility index (Phi) is 6.98. The molecule has 0 atom stereocenters. The Balaban J connectivity index is 1.43. The van der Waals surface area contributed by atoms with Crippen molar-refractivity contribution < 1.29 is 4.79 Å². The molecule has 136 valence electrons. The fraction of sp³-hybridized carbons (Fsp3) is 0.562. The molecule has 0 spiro atoms. The van der Waals surface area contributed by atoms with Crippen LogP contribution in [0.5, 0.6) is 0 Å². The quantitative estimate of drug-likeness (QED) is 0.660. The molecule has 2 aromatic rings. The van der Waals surface area contributed by atoms with Gasteiger partial charge in [0.25, 0.3) is 0 Å². The van der Waals surface area contributed by atoms with Gasteiger partial charge in [0.1, 0.15) is 0 Å². The first-order chi connectivity index (χ1) is 12.1. The standard InChI is InChI=1S/C16H21ClN4OS3/c1-21(9-12-7-8-13(17)24-12)14(22)10-23-16-20-19-15(25-16)18-11-5-3-2-4-6-11/h7-8,11H,2-6,9-10H2,1H3,(H,18,19). The van der Waals surface area contributed by atoms with Crippen LogP contribution in [0, 0.1) is 0 Å². The van der Waals surface area contributed by atoms with Crippen LogP contribution in [0.4, 0.5) is 5.13 Å². The summed E-state index contributed by atoms with van der Waals surface area (Å²) in [6, 6.07) is 4.33. The third-order valence-electron chi connectivity index (χ3n) is 4.11. The smallest absolute Gasteiger partial charge is 0.233 e. The highest BCUT2D eigenvalue weighted by Crippen LogP contribution is 2.29. The number of halogens is 1. The second-order valence-electron chi connectivity index (χ2n) is 6.10. The maximum atomic E-state index is 12.3. The number of aromatic nitrogens is 2. The molecule has 1 saturated carbocycles. The van der Waals surface area contributed by atoms with E-state index < -0.39 is 0 Å². The normalized spacial score (nSPS) is 15.3. The molecule has 25 heavy (non-hydrogen) atoms. The monoisotopic (exact) mass is 416 g/mol. The van der Waals surface area contributed by atoms with Gasteiger partial charge >= 0.3 is 0 Å². The summed E-state index contributed by atoms with van der Waals surface area (Å²) < 4.78 is 1.58. The number of rotatable bonds is 7. The van der Waals surface area contributed by atoms with Crippen molar-refractivity contribution in [3.8, 4) is 0 Å². The molecule has 5 nitrogen and oxygen atoms in total. The zero-order valence-corrected chi connectivity index (χ0v) is 17.2. The lowest BCUT2D eigenvalue weighted by atomic mass is 9.96. The molecule has 0 saturated heterocycles. The van der Waals surface area contributed by atoms with Gasteiger partial charge in [0.15, 0.2) is 4.34 Å². The third-order valence-corrected chi connectivity index (χ3v) is 7.29. The molecule has 0 unspecified atom stereocenters. The van der Waals surface area contributed by atoms with Crippen LogP contribution in [0.3, 0.4) is 0 Å². The Hall–Kier alpha value is -0.830. The van der Waals surface area contributed by atoms with Gasteiger partial charge in [-0.05, 0) is 25.0 Å². The molecule has 3 rings (SSSR count). The third kappa shape index (κ3) is 5.84. The van der Waals surface area contributed by atoms with E-state index in [-0.39, 0.29) is 5.91 Å². The van der Waals surface area contributed by atoms with Crippen LogP contribution >= 0.6 is 46.0 Å². The maximum Gasteiger partial charge on any atom is 0.233 e. The molecule has 1 fully saturated rings. The zero-order valence-electron chi connectivity index (χ0n) is 14.0. The first kappa shape index (κ1) is 18.9. The molecule has 0 aliphatic heterocycles. The van der Waals surface area contributed by atoms with Gasteiger partial charge in [-0.2, -0.15) is 0 Å². The van der Waals surface area contributed by atoms with Crippen molar-refractivity contribution in [2.75, 3.05) is 18.1 Å². The van der Waals surface area contributed by atoms with Crippen molar-refractivity contribution in [1.29, 1.82) is 0 Å². The molecule has 0 bridgehead atoms. The Morgan fingerprint density at radius 2 is 2.12 bits per heavy atom. The number of carbonyl (C=O) groups is 1. The fourth-order valence-corrected chi connectivity index (χ4v) is 5.65. The SMILES string of the molecule is CN(Cc1ccc(Cl)s1)C(=O)CSc1nnc(NC2CCCCC2)s1. The molecule has 1 amide bonds. The van der Waals surface area contributed by atoms with Crippen LogP contribution in [-0.2, 0) is 11.3 Å². The summed E-state index contributed by atoms with van der Waals surface area (Å²) in [4.78, 5) is 15.1. The lowest BCUT2D eigenvalue weighted by molar-refractivity contribution is -0.127. The highest BCUT2D eigenvalue weighted by molar-refractivity contribution is 8.01. The number of thioether (sulfide) groups is 1. The van der Waals surface area contributed by atoms with Crippen molar-refractivity contribution in [2.24, 2.45) is 0 Å². The van der Waals surface area contributed by atoms with Gasteiger partial charge in [-0.3, -0.25) is 4.79 Å². The Bertz CT molecular complexity index is 699. The summed E-state index contributed by atoms with van der Waals surface area (Å²) in [7, 11) is 1.81. The van der Waals surface area contributed by atoms with Crippen LogP contribution in [0.1, 0.15) is 37.0 Å². The van der Waals surface area contributed by atoms with Crippen molar-refractivity contribution in [3.63, 3.8) is 0 Å². The highest BCUT2D eigenvalue weighted by Gasteiger charge is 2.16. The van der Waals surface area contributed by atoms with Crippen molar-refractivity contribution in [1.82, 2.24) is 15.1 Å². The number of hydrogen-bond donors (Lipinski definition) is 1. The van der Waals surface area contributed by atoms with Gasteiger partial charge in [-0.25, -0.2) is 0 Å². The number of amides is 1. The van der Waals surface area contributed by atoms with E-state index in [9.17, 15) is 4.79 Å². The summed E-state index contributed by atoms with van der Waals surface area (Å²) >= 11 is 10.4. The maximum absolute atomic E-state index is 12.3. The van der Waals surface area contributed by atoms with E-state index in [0.29, 0.717) is 18.3 Å². The number of anilines is 1. The van der Waals surface area contributed by atoms with E-state index in [2.05, 4.69) is 15.5 Å². The van der Waals surface area contributed by atoms with E-state index in [1.807, 2.05) is 19.2 Å². The van der Waals surface area contributed by atoms with E-state index in [0.717, 1.165) is 18.7 Å². The molecule has 1 N–H and O–H groups in total. The van der Waals surface area contributed by atoms with Crippen molar-refractivity contribution in [2.45, 2.75) is 49.0 Å². The molecule has 1 aliphatic rings. The summed E-state index contributed by atoms with van der Waals surface area (Å²) in [6.45, 7) is 0.585. The summed E-state index contributed by atoms with van der Waals surface area (Å²) in [5.41, 5.74) is 0. The average molecular weight is 417 g/mol. The predicted octanol–water partition coefficient (Wildman–Crippen LogP) is 4.75. The van der Waals surface area contributed by atoms with Gasteiger partial charge in [0.05, 0.1) is 16.6 Å².